The van der Waals surface area contributed by atoms with Crippen LogP contribution in [0, 0.1) is 6.92 Å². The number of carboxylic acids is 1. The zero-order chi connectivity index (χ0) is 10.3. The molecule has 0 saturated heterocycles. The molecule has 2 aromatic rings. The number of carboxylic acid groups (broad SMARTS) is 1. The second-order valence-corrected chi connectivity index (χ2v) is 2.89. The van der Waals surface area contributed by atoms with Crippen LogP contribution in [0.25, 0.3) is 10.9 Å². The number of anilines is 1. The average molecular weight is 192 g/mol. The van der Waals surface area contributed by atoms with Crippen molar-refractivity contribution in [1.29, 1.82) is 0 Å². The summed E-state index contributed by atoms with van der Waals surface area (Å²) >= 11 is 0. The Hall–Kier alpha value is -2.11. The maximum absolute atomic E-state index is 10.8. The van der Waals surface area contributed by atoms with Crippen molar-refractivity contribution < 1.29 is 9.90 Å². The lowest BCUT2D eigenvalue weighted by molar-refractivity contribution is 0.0693. The number of rotatable bonds is 1. The van der Waals surface area contributed by atoms with E-state index in [1.54, 1.807) is 6.92 Å². The minimum Gasteiger partial charge on any atom is -0.477 e. The summed E-state index contributed by atoms with van der Waals surface area (Å²) in [4.78, 5) is 21.3. The molecule has 14 heavy (non-hydrogen) atoms. The van der Waals surface area contributed by atoms with Crippen LogP contribution in [0.2, 0.25) is 0 Å². The molecule has 0 aliphatic rings. The standard InChI is InChI=1S/C8H8N4O2/c1-3-11-5-4(7(9)12-3)2-10-6(5)8(13)14/h2,10H,1H3,(H,13,14)(H2,9,11,12). The Bertz CT molecular complexity index is 517. The van der Waals surface area contributed by atoms with Gasteiger partial charge in [0, 0.05) is 6.20 Å². The van der Waals surface area contributed by atoms with E-state index < -0.39 is 5.97 Å². The number of nitrogens with one attached hydrogen (secondary N) is 1. The van der Waals surface area contributed by atoms with Gasteiger partial charge in [0.25, 0.3) is 0 Å². The first-order valence-electron chi connectivity index (χ1n) is 3.94. The van der Waals surface area contributed by atoms with E-state index in [2.05, 4.69) is 15.0 Å². The van der Waals surface area contributed by atoms with Gasteiger partial charge in [-0.2, -0.15) is 0 Å². The van der Waals surface area contributed by atoms with E-state index in [-0.39, 0.29) is 11.5 Å². The van der Waals surface area contributed by atoms with Crippen LogP contribution in [0.5, 0.6) is 0 Å². The lowest BCUT2D eigenvalue weighted by atomic mass is 10.3. The Morgan fingerprint density at radius 3 is 2.93 bits per heavy atom. The van der Waals surface area contributed by atoms with E-state index in [1.807, 2.05) is 0 Å². The van der Waals surface area contributed by atoms with Crippen LogP contribution in [0.4, 0.5) is 5.82 Å². The first kappa shape index (κ1) is 8.49. The normalized spacial score (nSPS) is 10.6. The Labute approximate surface area is 78.8 Å². The molecule has 0 aromatic carbocycles. The summed E-state index contributed by atoms with van der Waals surface area (Å²) in [5, 5.41) is 9.36. The smallest absolute Gasteiger partial charge is 0.354 e. The Kier molecular flexibility index (Phi) is 1.63. The van der Waals surface area contributed by atoms with Gasteiger partial charge in [-0.3, -0.25) is 0 Å². The molecule has 4 N–H and O–H groups in total. The van der Waals surface area contributed by atoms with Crippen molar-refractivity contribution in [2.24, 2.45) is 0 Å². The van der Waals surface area contributed by atoms with Gasteiger partial charge in [0.2, 0.25) is 0 Å². The minimum absolute atomic E-state index is 0.0391. The fourth-order valence-electron chi connectivity index (χ4n) is 1.31. The molecule has 72 valence electrons. The molecule has 0 bridgehead atoms. The van der Waals surface area contributed by atoms with Crippen molar-refractivity contribution in [2.75, 3.05) is 5.73 Å². The number of carbonyl (C=O) groups is 1. The maximum Gasteiger partial charge on any atom is 0.354 e. The number of nitrogens with two attached hydrogens (primary N) is 1. The van der Waals surface area contributed by atoms with Gasteiger partial charge in [-0.1, -0.05) is 0 Å². The molecule has 2 rings (SSSR count). The van der Waals surface area contributed by atoms with Gasteiger partial charge in [0.05, 0.1) is 5.39 Å². The molecule has 0 fully saturated rings. The number of hydrogen-bond donors (Lipinski definition) is 3. The Morgan fingerprint density at radius 2 is 2.29 bits per heavy atom. The van der Waals surface area contributed by atoms with Gasteiger partial charge < -0.3 is 15.8 Å². The van der Waals surface area contributed by atoms with Crippen LogP contribution in [0.1, 0.15) is 16.3 Å². The van der Waals surface area contributed by atoms with E-state index in [4.69, 9.17) is 10.8 Å². The van der Waals surface area contributed by atoms with Crippen LogP contribution in [0.15, 0.2) is 6.20 Å². The number of aromatic carboxylic acids is 1. The molecule has 2 aromatic heterocycles. The Balaban J connectivity index is 2.85. The number of H-pyrrole nitrogens is 1. The van der Waals surface area contributed by atoms with Crippen LogP contribution in [-0.2, 0) is 0 Å². The third kappa shape index (κ3) is 1.08. The van der Waals surface area contributed by atoms with Crippen LogP contribution in [0.3, 0.4) is 0 Å². The fourth-order valence-corrected chi connectivity index (χ4v) is 1.31. The van der Waals surface area contributed by atoms with Crippen LogP contribution >= 0.6 is 0 Å². The highest BCUT2D eigenvalue weighted by molar-refractivity contribution is 6.03. The highest BCUT2D eigenvalue weighted by atomic mass is 16.4. The molecule has 6 nitrogen and oxygen atoms in total. The topological polar surface area (TPSA) is 105 Å². The highest BCUT2D eigenvalue weighted by Crippen LogP contribution is 2.20. The SMILES string of the molecule is Cc1nc(N)c2c[nH]c(C(=O)O)c2n1. The van der Waals surface area contributed by atoms with Gasteiger partial charge in [0.15, 0.2) is 5.69 Å². The number of aromatic amines is 1. The lowest BCUT2D eigenvalue weighted by Crippen LogP contribution is -2.00. The maximum atomic E-state index is 10.8. The third-order valence-corrected chi connectivity index (χ3v) is 1.90. The lowest BCUT2D eigenvalue weighted by Gasteiger charge is -1.97. The summed E-state index contributed by atoms with van der Waals surface area (Å²) < 4.78 is 0. The Morgan fingerprint density at radius 1 is 1.57 bits per heavy atom. The van der Waals surface area contributed by atoms with Gasteiger partial charge in [0.1, 0.15) is 17.2 Å². The molecule has 6 heteroatoms. The van der Waals surface area contributed by atoms with Crippen molar-refractivity contribution in [3.8, 4) is 0 Å². The average Bonchev–Trinajstić information content (AvgIpc) is 2.47. The zero-order valence-electron chi connectivity index (χ0n) is 7.40. The van der Waals surface area contributed by atoms with Crippen molar-refractivity contribution in [3.05, 3.63) is 17.7 Å². The number of aryl methyl sites for hydroxylation is 1. The van der Waals surface area contributed by atoms with E-state index in [9.17, 15) is 4.79 Å². The fraction of sp³-hybridized carbons (Fsp3) is 0.125. The summed E-state index contributed by atoms with van der Waals surface area (Å²) in [7, 11) is 0. The van der Waals surface area contributed by atoms with E-state index >= 15 is 0 Å². The van der Waals surface area contributed by atoms with Gasteiger partial charge in [-0.25, -0.2) is 14.8 Å². The van der Waals surface area contributed by atoms with Crippen molar-refractivity contribution in [2.45, 2.75) is 6.92 Å². The molecule has 2 heterocycles. The highest BCUT2D eigenvalue weighted by Gasteiger charge is 2.14. The van der Waals surface area contributed by atoms with Crippen molar-refractivity contribution >= 4 is 22.7 Å². The number of nitrogen functional groups attached to an aromatic ring is 1. The summed E-state index contributed by atoms with van der Waals surface area (Å²) in [5.74, 6) is -0.314. The largest absolute Gasteiger partial charge is 0.477 e. The predicted molar refractivity (Wildman–Crippen MR) is 50.0 cm³/mol. The minimum atomic E-state index is -1.06. The number of aromatic nitrogens is 3. The monoisotopic (exact) mass is 192 g/mol. The summed E-state index contributed by atoms with van der Waals surface area (Å²) in [5.41, 5.74) is 6.00. The molecule has 0 aliphatic carbocycles. The number of nitrogens with zero attached hydrogens (tertiary/aromatic N) is 2. The second kappa shape index (κ2) is 2.69. The molecular formula is C8H8N4O2. The quantitative estimate of drug-likeness (QED) is 0.611. The van der Waals surface area contributed by atoms with Crippen molar-refractivity contribution in [1.82, 2.24) is 15.0 Å². The van der Waals surface area contributed by atoms with Crippen LogP contribution in [-0.4, -0.2) is 26.0 Å². The summed E-state index contributed by atoms with van der Waals surface area (Å²) in [6, 6.07) is 0. The summed E-state index contributed by atoms with van der Waals surface area (Å²) in [6.45, 7) is 1.66. The molecule has 0 saturated carbocycles. The van der Waals surface area contributed by atoms with Crippen LogP contribution < -0.4 is 5.73 Å². The number of hydrogen-bond acceptors (Lipinski definition) is 4. The second-order valence-electron chi connectivity index (χ2n) is 2.89. The first-order valence-corrected chi connectivity index (χ1v) is 3.94. The molecule has 0 aliphatic heterocycles. The molecule has 0 amide bonds. The van der Waals surface area contributed by atoms with Gasteiger partial charge >= 0.3 is 5.97 Å². The number of fused-ring (bicyclic) bond motifs is 1. The van der Waals surface area contributed by atoms with Gasteiger partial charge in [-0.05, 0) is 6.92 Å². The zero-order valence-corrected chi connectivity index (χ0v) is 7.40. The molecule has 0 unspecified atom stereocenters. The molecule has 0 radical (unpaired) electrons. The van der Waals surface area contributed by atoms with Crippen molar-refractivity contribution in [3.63, 3.8) is 0 Å². The first-order chi connectivity index (χ1) is 6.59. The van der Waals surface area contributed by atoms with Gasteiger partial charge in [-0.15, -0.1) is 0 Å². The third-order valence-electron chi connectivity index (χ3n) is 1.90. The van der Waals surface area contributed by atoms with E-state index in [0.29, 0.717) is 16.7 Å². The summed E-state index contributed by atoms with van der Waals surface area (Å²) in [6.07, 6.45) is 1.49. The predicted octanol–water partition coefficient (Wildman–Crippen LogP) is 0.547. The van der Waals surface area contributed by atoms with E-state index in [0.717, 1.165) is 0 Å². The molecule has 0 spiro atoms. The molecular weight excluding hydrogens is 184 g/mol. The van der Waals surface area contributed by atoms with E-state index in [1.165, 1.54) is 6.20 Å². The molecule has 0 atom stereocenters.